The Labute approximate surface area is 130 Å². The molecule has 2 aromatic rings. The van der Waals surface area contributed by atoms with Crippen LogP contribution in [-0.4, -0.2) is 18.1 Å². The highest BCUT2D eigenvalue weighted by Gasteiger charge is 2.05. The lowest BCUT2D eigenvalue weighted by molar-refractivity contribution is -0.121. The van der Waals surface area contributed by atoms with E-state index in [2.05, 4.69) is 17.4 Å². The summed E-state index contributed by atoms with van der Waals surface area (Å²) in [5.74, 6) is 0.530. The molecular formula is C18H21NO3. The van der Waals surface area contributed by atoms with Gasteiger partial charge < -0.3 is 15.2 Å². The van der Waals surface area contributed by atoms with Gasteiger partial charge in [-0.15, -0.1) is 0 Å². The molecule has 0 heterocycles. The van der Waals surface area contributed by atoms with Gasteiger partial charge in [-0.2, -0.15) is 0 Å². The second-order valence-corrected chi connectivity index (χ2v) is 5.12. The molecule has 2 N–H and O–H groups in total. The molecule has 0 saturated heterocycles. The third kappa shape index (κ3) is 4.81. The number of hydrogen-bond acceptors (Lipinski definition) is 3. The van der Waals surface area contributed by atoms with Crippen LogP contribution in [0, 0.1) is 0 Å². The maximum Gasteiger partial charge on any atom is 0.220 e. The van der Waals surface area contributed by atoms with Crippen LogP contribution in [0.2, 0.25) is 0 Å². The average Bonchev–Trinajstić information content (AvgIpc) is 2.54. The zero-order valence-corrected chi connectivity index (χ0v) is 12.7. The second kappa shape index (κ2) is 8.08. The molecule has 116 valence electrons. The minimum atomic E-state index is 0.0197. The molecule has 0 fully saturated rings. The van der Waals surface area contributed by atoms with E-state index in [1.165, 1.54) is 12.7 Å². The van der Waals surface area contributed by atoms with Crippen molar-refractivity contribution in [3.8, 4) is 11.5 Å². The van der Waals surface area contributed by atoms with Gasteiger partial charge in [0, 0.05) is 13.0 Å². The zero-order chi connectivity index (χ0) is 15.8. The maximum atomic E-state index is 11.8. The molecule has 0 atom stereocenters. The van der Waals surface area contributed by atoms with E-state index in [4.69, 9.17) is 4.74 Å². The predicted molar refractivity (Wildman–Crippen MR) is 85.9 cm³/mol. The number of aromatic hydroxyl groups is 1. The summed E-state index contributed by atoms with van der Waals surface area (Å²) >= 11 is 0. The summed E-state index contributed by atoms with van der Waals surface area (Å²) in [4.78, 5) is 11.8. The van der Waals surface area contributed by atoms with Crippen molar-refractivity contribution in [1.29, 1.82) is 0 Å². The number of phenols is 1. The fourth-order valence-corrected chi connectivity index (χ4v) is 2.23. The number of carbonyl (C=O) groups is 1. The van der Waals surface area contributed by atoms with Crippen molar-refractivity contribution in [2.75, 3.05) is 7.11 Å². The first-order valence-electron chi connectivity index (χ1n) is 7.35. The predicted octanol–water partition coefficient (Wildman–Crippen LogP) is 3.04. The number of aryl methyl sites for hydroxylation is 1. The third-order valence-electron chi connectivity index (χ3n) is 3.45. The summed E-state index contributed by atoms with van der Waals surface area (Å²) in [6, 6.07) is 15.2. The van der Waals surface area contributed by atoms with Crippen molar-refractivity contribution in [2.45, 2.75) is 25.8 Å². The zero-order valence-electron chi connectivity index (χ0n) is 12.7. The SMILES string of the molecule is COc1ccc(CNC(=O)CCCc2ccccc2)cc1O. The van der Waals surface area contributed by atoms with Gasteiger partial charge >= 0.3 is 0 Å². The molecule has 0 spiro atoms. The van der Waals surface area contributed by atoms with Gasteiger partial charge in [-0.05, 0) is 36.1 Å². The van der Waals surface area contributed by atoms with Crippen LogP contribution in [0.25, 0.3) is 0 Å². The minimum Gasteiger partial charge on any atom is -0.504 e. The molecular weight excluding hydrogens is 278 g/mol. The van der Waals surface area contributed by atoms with Gasteiger partial charge in [-0.1, -0.05) is 36.4 Å². The molecule has 0 aliphatic heterocycles. The Hall–Kier alpha value is -2.49. The number of methoxy groups -OCH3 is 1. The van der Waals surface area contributed by atoms with Crippen LogP contribution in [-0.2, 0) is 17.8 Å². The Morgan fingerprint density at radius 2 is 1.91 bits per heavy atom. The van der Waals surface area contributed by atoms with E-state index in [9.17, 15) is 9.90 Å². The fraction of sp³-hybridized carbons (Fsp3) is 0.278. The van der Waals surface area contributed by atoms with Crippen LogP contribution in [0.4, 0.5) is 0 Å². The van der Waals surface area contributed by atoms with Gasteiger partial charge in [0.25, 0.3) is 0 Å². The lowest BCUT2D eigenvalue weighted by Gasteiger charge is -2.08. The number of phenolic OH excluding ortho intramolecular Hbond substituents is 1. The molecule has 0 bridgehead atoms. The highest BCUT2D eigenvalue weighted by atomic mass is 16.5. The smallest absolute Gasteiger partial charge is 0.220 e. The van der Waals surface area contributed by atoms with E-state index >= 15 is 0 Å². The normalized spacial score (nSPS) is 10.2. The highest BCUT2D eigenvalue weighted by Crippen LogP contribution is 2.26. The quantitative estimate of drug-likeness (QED) is 0.826. The molecule has 2 aromatic carbocycles. The first-order chi connectivity index (χ1) is 10.7. The van der Waals surface area contributed by atoms with Crippen molar-refractivity contribution >= 4 is 5.91 Å². The maximum absolute atomic E-state index is 11.8. The first-order valence-corrected chi connectivity index (χ1v) is 7.35. The third-order valence-corrected chi connectivity index (χ3v) is 3.45. The molecule has 4 heteroatoms. The van der Waals surface area contributed by atoms with Gasteiger partial charge in [0.15, 0.2) is 11.5 Å². The Morgan fingerprint density at radius 3 is 2.59 bits per heavy atom. The Bertz CT molecular complexity index is 611. The van der Waals surface area contributed by atoms with Crippen molar-refractivity contribution in [3.05, 3.63) is 59.7 Å². The summed E-state index contributed by atoms with van der Waals surface area (Å²) in [6.45, 7) is 0.404. The lowest BCUT2D eigenvalue weighted by Crippen LogP contribution is -2.22. The van der Waals surface area contributed by atoms with E-state index in [0.717, 1.165) is 18.4 Å². The first kappa shape index (κ1) is 15.9. The minimum absolute atomic E-state index is 0.0197. The summed E-state index contributed by atoms with van der Waals surface area (Å²) in [5.41, 5.74) is 2.09. The topological polar surface area (TPSA) is 58.6 Å². The molecule has 0 aliphatic carbocycles. The molecule has 0 aromatic heterocycles. The van der Waals surface area contributed by atoms with E-state index in [1.807, 2.05) is 24.3 Å². The Kier molecular flexibility index (Phi) is 5.83. The van der Waals surface area contributed by atoms with Crippen LogP contribution in [0.5, 0.6) is 11.5 Å². The van der Waals surface area contributed by atoms with Crippen LogP contribution in [0.3, 0.4) is 0 Å². The van der Waals surface area contributed by atoms with Crippen LogP contribution in [0.1, 0.15) is 24.0 Å². The molecule has 0 aliphatic rings. The highest BCUT2D eigenvalue weighted by molar-refractivity contribution is 5.75. The molecule has 1 amide bonds. The Balaban J connectivity index is 1.72. The summed E-state index contributed by atoms with van der Waals surface area (Å²) in [7, 11) is 1.50. The van der Waals surface area contributed by atoms with Crippen molar-refractivity contribution in [1.82, 2.24) is 5.32 Å². The summed E-state index contributed by atoms with van der Waals surface area (Å²) < 4.78 is 4.98. The largest absolute Gasteiger partial charge is 0.504 e. The Morgan fingerprint density at radius 1 is 1.14 bits per heavy atom. The average molecular weight is 299 g/mol. The molecule has 0 unspecified atom stereocenters. The number of hydrogen-bond donors (Lipinski definition) is 2. The van der Waals surface area contributed by atoms with Gasteiger partial charge in [-0.25, -0.2) is 0 Å². The van der Waals surface area contributed by atoms with Crippen molar-refractivity contribution in [3.63, 3.8) is 0 Å². The molecule has 2 rings (SSSR count). The number of rotatable bonds is 7. The number of carbonyl (C=O) groups excluding carboxylic acids is 1. The number of amides is 1. The van der Waals surface area contributed by atoms with Gasteiger partial charge in [0.2, 0.25) is 5.91 Å². The molecule has 22 heavy (non-hydrogen) atoms. The lowest BCUT2D eigenvalue weighted by atomic mass is 10.1. The molecule has 0 saturated carbocycles. The van der Waals surface area contributed by atoms with Gasteiger partial charge in [0.05, 0.1) is 7.11 Å². The summed E-state index contributed by atoms with van der Waals surface area (Å²) in [5, 5.41) is 12.5. The number of ether oxygens (including phenoxy) is 1. The summed E-state index contributed by atoms with van der Waals surface area (Å²) in [6.07, 6.45) is 2.22. The van der Waals surface area contributed by atoms with Crippen molar-refractivity contribution in [2.24, 2.45) is 0 Å². The second-order valence-electron chi connectivity index (χ2n) is 5.12. The van der Waals surface area contributed by atoms with E-state index in [0.29, 0.717) is 18.7 Å². The number of nitrogens with one attached hydrogen (secondary N) is 1. The van der Waals surface area contributed by atoms with Gasteiger partial charge in [0.1, 0.15) is 0 Å². The van der Waals surface area contributed by atoms with E-state index < -0.39 is 0 Å². The molecule has 4 nitrogen and oxygen atoms in total. The van der Waals surface area contributed by atoms with Crippen LogP contribution < -0.4 is 10.1 Å². The number of benzene rings is 2. The van der Waals surface area contributed by atoms with Crippen molar-refractivity contribution < 1.29 is 14.6 Å². The van der Waals surface area contributed by atoms with Gasteiger partial charge in [-0.3, -0.25) is 4.79 Å². The monoisotopic (exact) mass is 299 g/mol. The molecule has 0 radical (unpaired) electrons. The standard InChI is InChI=1S/C18H21NO3/c1-22-17-11-10-15(12-16(17)20)13-19-18(21)9-5-8-14-6-3-2-4-7-14/h2-4,6-7,10-12,20H,5,8-9,13H2,1H3,(H,19,21). The van der Waals surface area contributed by atoms with E-state index in [-0.39, 0.29) is 11.7 Å². The van der Waals surface area contributed by atoms with E-state index in [1.54, 1.807) is 12.1 Å². The van der Waals surface area contributed by atoms with Crippen LogP contribution >= 0.6 is 0 Å². The van der Waals surface area contributed by atoms with Crippen LogP contribution in [0.15, 0.2) is 48.5 Å². The fourth-order valence-electron chi connectivity index (χ4n) is 2.23.